The number of imide groups is 1. The van der Waals surface area contributed by atoms with Crippen LogP contribution in [0.4, 0.5) is 4.79 Å². The Balaban J connectivity index is 2.22. The lowest BCUT2D eigenvalue weighted by Gasteiger charge is -2.22. The molecule has 1 fully saturated rings. The van der Waals surface area contributed by atoms with E-state index in [1.807, 2.05) is 0 Å². The topological polar surface area (TPSA) is 84.5 Å². The smallest absolute Gasteiger partial charge is 0.338 e. The van der Waals surface area contributed by atoms with Crippen LogP contribution in [0.15, 0.2) is 24.3 Å². The highest BCUT2D eigenvalue weighted by Gasteiger charge is 2.43. The lowest BCUT2D eigenvalue weighted by Crippen LogP contribution is -2.40. The molecule has 6 nitrogen and oxygen atoms in total. The van der Waals surface area contributed by atoms with Gasteiger partial charge in [0.1, 0.15) is 11.1 Å². The molecule has 2 rings (SSSR count). The molecule has 3 amide bonds. The largest absolute Gasteiger partial charge is 0.456 e. The molecule has 6 heteroatoms. The van der Waals surface area contributed by atoms with Crippen LogP contribution in [-0.2, 0) is 15.1 Å². The number of ether oxygens (including phenoxy) is 1. The van der Waals surface area contributed by atoms with Crippen LogP contribution in [0.5, 0.6) is 0 Å². The van der Waals surface area contributed by atoms with Gasteiger partial charge in [0.05, 0.1) is 5.56 Å². The van der Waals surface area contributed by atoms with Gasteiger partial charge in [0.15, 0.2) is 0 Å². The standard InChI is InChI=1S/C15H18N2O4/c1-14(2,3)21-11(18)9-5-7-10(8-6-9)15(4)12(19)16-13(20)17-15/h5-8H,1-4H3,(H2,16,17,19,20). The average Bonchev–Trinajstić information content (AvgIpc) is 2.62. The minimum absolute atomic E-state index is 0.391. The number of urea groups is 1. The minimum atomic E-state index is -1.12. The van der Waals surface area contributed by atoms with Crippen molar-refractivity contribution < 1.29 is 19.1 Å². The van der Waals surface area contributed by atoms with Crippen LogP contribution < -0.4 is 10.6 Å². The quantitative estimate of drug-likeness (QED) is 0.641. The van der Waals surface area contributed by atoms with E-state index in [2.05, 4.69) is 10.6 Å². The Bertz CT molecular complexity index is 601. The molecule has 1 aromatic rings. The summed E-state index contributed by atoms with van der Waals surface area (Å²) < 4.78 is 5.26. The van der Waals surface area contributed by atoms with Crippen molar-refractivity contribution in [3.05, 3.63) is 35.4 Å². The van der Waals surface area contributed by atoms with Crippen molar-refractivity contribution in [3.8, 4) is 0 Å². The van der Waals surface area contributed by atoms with Crippen LogP contribution >= 0.6 is 0 Å². The van der Waals surface area contributed by atoms with Gasteiger partial charge < -0.3 is 10.1 Å². The van der Waals surface area contributed by atoms with E-state index in [9.17, 15) is 14.4 Å². The zero-order chi connectivity index (χ0) is 15.8. The maximum atomic E-state index is 11.9. The molecule has 0 aromatic heterocycles. The zero-order valence-electron chi connectivity index (χ0n) is 12.4. The third kappa shape index (κ3) is 3.04. The first-order chi connectivity index (χ1) is 9.62. The van der Waals surface area contributed by atoms with Gasteiger partial charge in [0.2, 0.25) is 0 Å². The van der Waals surface area contributed by atoms with E-state index in [1.165, 1.54) is 0 Å². The lowest BCUT2D eigenvalue weighted by molar-refractivity contribution is -0.123. The maximum Gasteiger partial charge on any atom is 0.338 e. The second-order valence-corrected chi connectivity index (χ2v) is 6.11. The Morgan fingerprint density at radius 1 is 1.14 bits per heavy atom. The third-order valence-electron chi connectivity index (χ3n) is 3.14. The Kier molecular flexibility index (Phi) is 3.49. The normalized spacial score (nSPS) is 21.7. The molecular formula is C15H18N2O4. The van der Waals surface area contributed by atoms with Crippen LogP contribution in [0.2, 0.25) is 0 Å². The Labute approximate surface area is 122 Å². The molecule has 1 aliphatic heterocycles. The predicted octanol–water partition coefficient (Wildman–Crippen LogP) is 1.70. The summed E-state index contributed by atoms with van der Waals surface area (Å²) in [5.74, 6) is -0.850. The van der Waals surface area contributed by atoms with E-state index < -0.39 is 29.0 Å². The number of carbonyl (C=O) groups excluding carboxylic acids is 3. The lowest BCUT2D eigenvalue weighted by atomic mass is 9.91. The van der Waals surface area contributed by atoms with Crippen molar-refractivity contribution in [2.45, 2.75) is 38.8 Å². The number of rotatable bonds is 2. The SMILES string of the molecule is CC(C)(C)OC(=O)c1ccc(C2(C)NC(=O)NC2=O)cc1. The van der Waals surface area contributed by atoms with Crippen LogP contribution in [-0.4, -0.2) is 23.5 Å². The molecule has 112 valence electrons. The fourth-order valence-corrected chi connectivity index (χ4v) is 2.02. The van der Waals surface area contributed by atoms with Gasteiger partial charge in [-0.1, -0.05) is 12.1 Å². The number of esters is 1. The summed E-state index contributed by atoms with van der Waals surface area (Å²) in [7, 11) is 0. The predicted molar refractivity (Wildman–Crippen MR) is 75.6 cm³/mol. The number of nitrogens with one attached hydrogen (secondary N) is 2. The average molecular weight is 290 g/mol. The zero-order valence-corrected chi connectivity index (χ0v) is 12.4. The highest BCUT2D eigenvalue weighted by Crippen LogP contribution is 2.25. The minimum Gasteiger partial charge on any atom is -0.456 e. The van der Waals surface area contributed by atoms with E-state index in [0.717, 1.165) is 0 Å². The number of hydrogen-bond donors (Lipinski definition) is 2. The molecule has 0 aliphatic carbocycles. The van der Waals surface area contributed by atoms with E-state index in [1.54, 1.807) is 52.0 Å². The van der Waals surface area contributed by atoms with Crippen molar-refractivity contribution in [1.29, 1.82) is 0 Å². The van der Waals surface area contributed by atoms with E-state index in [-0.39, 0.29) is 0 Å². The fraction of sp³-hybridized carbons (Fsp3) is 0.400. The highest BCUT2D eigenvalue weighted by atomic mass is 16.6. The van der Waals surface area contributed by atoms with Crippen molar-refractivity contribution >= 4 is 17.9 Å². The van der Waals surface area contributed by atoms with Gasteiger partial charge in [-0.05, 0) is 45.4 Å². The molecular weight excluding hydrogens is 272 g/mol. The first-order valence-electron chi connectivity index (χ1n) is 6.59. The fourth-order valence-electron chi connectivity index (χ4n) is 2.02. The molecule has 1 unspecified atom stereocenters. The molecule has 1 heterocycles. The van der Waals surface area contributed by atoms with Gasteiger partial charge in [0, 0.05) is 0 Å². The molecule has 0 spiro atoms. The first kappa shape index (κ1) is 15.0. The van der Waals surface area contributed by atoms with Crippen LogP contribution in [0, 0.1) is 0 Å². The summed E-state index contributed by atoms with van der Waals surface area (Å²) in [5.41, 5.74) is -0.704. The second-order valence-electron chi connectivity index (χ2n) is 6.11. The van der Waals surface area contributed by atoms with Gasteiger partial charge in [-0.25, -0.2) is 9.59 Å². The van der Waals surface area contributed by atoms with E-state index >= 15 is 0 Å². The number of hydrogen-bond acceptors (Lipinski definition) is 4. The van der Waals surface area contributed by atoms with Crippen molar-refractivity contribution in [2.75, 3.05) is 0 Å². The number of carbonyl (C=O) groups is 3. The molecule has 1 aromatic carbocycles. The summed E-state index contributed by atoms with van der Waals surface area (Å²) in [6, 6.07) is 5.88. The van der Waals surface area contributed by atoms with Gasteiger partial charge in [-0.3, -0.25) is 10.1 Å². The number of benzene rings is 1. The van der Waals surface area contributed by atoms with Crippen LogP contribution in [0.1, 0.15) is 43.6 Å². The summed E-state index contributed by atoms with van der Waals surface area (Å²) in [6.07, 6.45) is 0. The highest BCUT2D eigenvalue weighted by molar-refractivity contribution is 6.07. The molecule has 0 radical (unpaired) electrons. The summed E-state index contributed by atoms with van der Waals surface area (Å²) >= 11 is 0. The van der Waals surface area contributed by atoms with Crippen molar-refractivity contribution in [2.24, 2.45) is 0 Å². The summed E-state index contributed by atoms with van der Waals surface area (Å²) in [5, 5.41) is 4.76. The third-order valence-corrected chi connectivity index (χ3v) is 3.14. The Hall–Kier alpha value is -2.37. The van der Waals surface area contributed by atoms with Crippen molar-refractivity contribution in [3.63, 3.8) is 0 Å². The first-order valence-corrected chi connectivity index (χ1v) is 6.59. The maximum absolute atomic E-state index is 11.9. The molecule has 1 saturated heterocycles. The van der Waals surface area contributed by atoms with Gasteiger partial charge in [0.25, 0.3) is 5.91 Å². The summed E-state index contributed by atoms with van der Waals surface area (Å²) in [4.78, 5) is 35.0. The number of amides is 3. The Morgan fingerprint density at radius 3 is 2.14 bits per heavy atom. The Morgan fingerprint density at radius 2 is 1.71 bits per heavy atom. The van der Waals surface area contributed by atoms with Gasteiger partial charge >= 0.3 is 12.0 Å². The van der Waals surface area contributed by atoms with Gasteiger partial charge in [-0.15, -0.1) is 0 Å². The van der Waals surface area contributed by atoms with Crippen LogP contribution in [0.25, 0.3) is 0 Å². The molecule has 2 N–H and O–H groups in total. The van der Waals surface area contributed by atoms with Crippen LogP contribution in [0.3, 0.4) is 0 Å². The van der Waals surface area contributed by atoms with Gasteiger partial charge in [-0.2, -0.15) is 0 Å². The molecule has 0 bridgehead atoms. The van der Waals surface area contributed by atoms with E-state index in [0.29, 0.717) is 11.1 Å². The summed E-state index contributed by atoms with van der Waals surface area (Å²) in [6.45, 7) is 6.98. The molecule has 21 heavy (non-hydrogen) atoms. The van der Waals surface area contributed by atoms with E-state index in [4.69, 9.17) is 4.74 Å². The molecule has 1 atom stereocenters. The van der Waals surface area contributed by atoms with Crippen molar-refractivity contribution in [1.82, 2.24) is 10.6 Å². The molecule has 0 saturated carbocycles. The monoisotopic (exact) mass is 290 g/mol. The second kappa shape index (κ2) is 4.87. The molecule has 1 aliphatic rings.